The Morgan fingerprint density at radius 2 is 1.83 bits per heavy atom. The Balaban J connectivity index is 2.21. The number of rotatable bonds is 1. The smallest absolute Gasteiger partial charge is 0.156 e. The maximum absolute atomic E-state index is 2.30. The van der Waals surface area contributed by atoms with Gasteiger partial charge >= 0.3 is 0 Å². The molecule has 1 heterocycles. The van der Waals surface area contributed by atoms with Crippen LogP contribution in [0, 0.1) is 0 Å². The van der Waals surface area contributed by atoms with Crippen LogP contribution in [0.15, 0.2) is 53.5 Å². The van der Waals surface area contributed by atoms with Gasteiger partial charge in [-0.1, -0.05) is 54.1 Å². The van der Waals surface area contributed by atoms with Gasteiger partial charge in [0, 0.05) is 0 Å². The Morgan fingerprint density at radius 1 is 1.00 bits per heavy atom. The summed E-state index contributed by atoms with van der Waals surface area (Å²) < 4.78 is 0.677. The van der Waals surface area contributed by atoms with Crippen LogP contribution in [0.5, 0.6) is 0 Å². The molecule has 2 rings (SSSR count). The predicted molar refractivity (Wildman–Crippen MR) is 53.2 cm³/mol. The van der Waals surface area contributed by atoms with Crippen molar-refractivity contribution in [3.05, 3.63) is 59.1 Å². The van der Waals surface area contributed by atoms with Crippen LogP contribution in [0.3, 0.4) is 0 Å². The van der Waals surface area contributed by atoms with E-state index in [0.717, 1.165) is 0 Å². The second-order valence-corrected chi connectivity index (χ2v) is 4.39. The molecule has 57 valence electrons. The SMILES string of the molecule is C1=[CH][Al][CH](c2ccccc2)C=C1. The molecule has 1 aromatic carbocycles. The first kappa shape index (κ1) is 7.86. The standard InChI is InChI=1S/C11H10.Al/c1-2-3-5-8-11-9-6-4-7-10-11;/h1-10H;. The first-order valence-electron chi connectivity index (χ1n) is 4.20. The van der Waals surface area contributed by atoms with Crippen molar-refractivity contribution >= 4 is 15.2 Å². The van der Waals surface area contributed by atoms with Gasteiger partial charge in [-0.3, -0.25) is 0 Å². The summed E-state index contributed by atoms with van der Waals surface area (Å²) in [6.45, 7) is 0. The lowest BCUT2D eigenvalue weighted by Crippen LogP contribution is -2.04. The molecular formula is C11H10Al. The predicted octanol–water partition coefficient (Wildman–Crippen LogP) is 2.52. The van der Waals surface area contributed by atoms with Gasteiger partial charge in [0.05, 0.1) is 0 Å². The van der Waals surface area contributed by atoms with Gasteiger partial charge in [0.25, 0.3) is 15.2 Å². The average molecular weight is 169 g/mol. The fourth-order valence-electron chi connectivity index (χ4n) is 1.39. The van der Waals surface area contributed by atoms with Crippen molar-refractivity contribution in [1.82, 2.24) is 0 Å². The molecule has 1 aliphatic heterocycles. The Labute approximate surface area is 79.3 Å². The van der Waals surface area contributed by atoms with Crippen LogP contribution in [-0.4, -0.2) is 15.2 Å². The molecular weight excluding hydrogens is 159 g/mol. The average Bonchev–Trinajstić information content (AvgIpc) is 2.21. The molecule has 0 saturated carbocycles. The zero-order chi connectivity index (χ0) is 8.23. The molecule has 12 heavy (non-hydrogen) atoms. The van der Waals surface area contributed by atoms with Crippen LogP contribution in [0.1, 0.15) is 10.3 Å². The van der Waals surface area contributed by atoms with E-state index < -0.39 is 0 Å². The van der Waals surface area contributed by atoms with Gasteiger partial charge in [0.2, 0.25) is 0 Å². The summed E-state index contributed by atoms with van der Waals surface area (Å²) in [5, 5.41) is 0. The highest BCUT2D eigenvalue weighted by Crippen LogP contribution is 2.17. The van der Waals surface area contributed by atoms with Crippen molar-refractivity contribution in [3.8, 4) is 0 Å². The van der Waals surface area contributed by atoms with Crippen LogP contribution in [0.4, 0.5) is 0 Å². The Morgan fingerprint density at radius 3 is 2.50 bits per heavy atom. The van der Waals surface area contributed by atoms with Crippen LogP contribution in [-0.2, 0) is 0 Å². The van der Waals surface area contributed by atoms with Crippen LogP contribution in [0.25, 0.3) is 0 Å². The summed E-state index contributed by atoms with van der Waals surface area (Å²) in [5.74, 6) is 0. The Kier molecular flexibility index (Phi) is 2.46. The van der Waals surface area contributed by atoms with E-state index in [1.807, 2.05) is 0 Å². The molecule has 0 aliphatic carbocycles. The van der Waals surface area contributed by atoms with Gasteiger partial charge in [0.1, 0.15) is 0 Å². The lowest BCUT2D eigenvalue weighted by molar-refractivity contribution is 1.19. The second-order valence-electron chi connectivity index (χ2n) is 2.90. The quantitative estimate of drug-likeness (QED) is 0.566. The van der Waals surface area contributed by atoms with E-state index in [1.165, 1.54) is 5.56 Å². The highest BCUT2D eigenvalue weighted by molar-refractivity contribution is 6.45. The molecule has 1 aromatic rings. The third kappa shape index (κ3) is 1.69. The van der Waals surface area contributed by atoms with E-state index >= 15 is 0 Å². The third-order valence-corrected chi connectivity index (χ3v) is 3.51. The van der Waals surface area contributed by atoms with E-state index in [1.54, 1.807) is 0 Å². The van der Waals surface area contributed by atoms with Crippen LogP contribution in [0.2, 0.25) is 0 Å². The first-order chi connectivity index (χ1) is 5.97. The molecule has 0 fully saturated rings. The monoisotopic (exact) mass is 169 g/mol. The number of allylic oxidation sites excluding steroid dienone is 3. The molecule has 0 amide bonds. The van der Waals surface area contributed by atoms with E-state index in [2.05, 4.69) is 53.5 Å². The molecule has 0 aromatic heterocycles. The molecule has 1 radical (unpaired) electrons. The maximum Gasteiger partial charge on any atom is 0.255 e. The van der Waals surface area contributed by atoms with Crippen molar-refractivity contribution < 1.29 is 0 Å². The summed E-state index contributed by atoms with van der Waals surface area (Å²) in [4.78, 5) is 2.30. The molecule has 0 N–H and O–H groups in total. The maximum atomic E-state index is 2.30. The van der Waals surface area contributed by atoms with Crippen LogP contribution < -0.4 is 0 Å². The van der Waals surface area contributed by atoms with Gasteiger partial charge in [-0.15, -0.1) is 0 Å². The van der Waals surface area contributed by atoms with Crippen LogP contribution >= 0.6 is 0 Å². The number of hydrogen-bond acceptors (Lipinski definition) is 0. The zero-order valence-corrected chi connectivity index (χ0v) is 8.01. The summed E-state index contributed by atoms with van der Waals surface area (Å²) in [7, 11) is 0. The van der Waals surface area contributed by atoms with E-state index in [4.69, 9.17) is 0 Å². The van der Waals surface area contributed by atoms with Crippen molar-refractivity contribution in [2.75, 3.05) is 0 Å². The van der Waals surface area contributed by atoms with Gasteiger partial charge < -0.3 is 0 Å². The van der Waals surface area contributed by atoms with Gasteiger partial charge in [0.15, 0.2) is 0 Å². The Bertz CT molecular complexity index is 298. The molecule has 1 unspecified atom stereocenters. The van der Waals surface area contributed by atoms with E-state index in [-0.39, 0.29) is 0 Å². The van der Waals surface area contributed by atoms with Gasteiger partial charge in [-0.25, -0.2) is 0 Å². The highest BCUT2D eigenvalue weighted by atomic mass is 27.1. The van der Waals surface area contributed by atoms with Gasteiger partial charge in [-0.05, 0) is 4.78 Å². The molecule has 1 aliphatic rings. The van der Waals surface area contributed by atoms with Crippen molar-refractivity contribution in [2.45, 2.75) is 4.78 Å². The van der Waals surface area contributed by atoms with E-state index in [9.17, 15) is 0 Å². The van der Waals surface area contributed by atoms with Crippen molar-refractivity contribution in [3.63, 3.8) is 0 Å². The van der Waals surface area contributed by atoms with Crippen molar-refractivity contribution in [2.24, 2.45) is 0 Å². The summed E-state index contributed by atoms with van der Waals surface area (Å²) >= 11 is 0.430. The van der Waals surface area contributed by atoms with Gasteiger partial charge in [-0.2, -0.15) is 4.94 Å². The number of hydrogen-bond donors (Lipinski definition) is 0. The Hall–Kier alpha value is -0.768. The second kappa shape index (κ2) is 3.76. The third-order valence-electron chi connectivity index (χ3n) is 2.04. The lowest BCUT2D eigenvalue weighted by Gasteiger charge is -2.11. The summed E-state index contributed by atoms with van der Waals surface area (Å²) in [6.07, 6.45) is 6.59. The molecule has 1 heteroatoms. The molecule has 0 nitrogen and oxygen atoms in total. The summed E-state index contributed by atoms with van der Waals surface area (Å²) in [6, 6.07) is 10.7. The first-order valence-corrected chi connectivity index (χ1v) is 5.53. The molecule has 1 atom stereocenters. The van der Waals surface area contributed by atoms with Crippen molar-refractivity contribution in [1.29, 1.82) is 0 Å². The number of benzene rings is 1. The normalized spacial score (nSPS) is 20.5. The topological polar surface area (TPSA) is 0 Å². The molecule has 0 bridgehead atoms. The zero-order valence-electron chi connectivity index (χ0n) is 6.85. The van der Waals surface area contributed by atoms with E-state index in [0.29, 0.717) is 20.0 Å². The minimum Gasteiger partial charge on any atom is -0.156 e. The molecule has 0 saturated heterocycles. The lowest BCUT2D eigenvalue weighted by atomic mass is 10.1. The summed E-state index contributed by atoms with van der Waals surface area (Å²) in [5.41, 5.74) is 1.45. The minimum atomic E-state index is 0.430. The highest BCUT2D eigenvalue weighted by Gasteiger charge is 2.08. The minimum absolute atomic E-state index is 0.430. The largest absolute Gasteiger partial charge is 0.255 e. The fourth-order valence-corrected chi connectivity index (χ4v) is 2.59. The fraction of sp³-hybridized carbons (Fsp3) is 0.0909. The molecule has 0 spiro atoms.